The largest absolute Gasteiger partial charge is 0.314 e. The van der Waals surface area contributed by atoms with Crippen molar-refractivity contribution in [3.8, 4) is 0 Å². The van der Waals surface area contributed by atoms with Gasteiger partial charge in [0, 0.05) is 6.04 Å². The molecule has 0 aliphatic carbocycles. The van der Waals surface area contributed by atoms with Crippen LogP contribution in [0.4, 0.5) is 8.78 Å². The van der Waals surface area contributed by atoms with Crippen molar-refractivity contribution >= 4 is 11.8 Å². The normalized spacial score (nSPS) is 19.5. The second-order valence-electron chi connectivity index (χ2n) is 4.27. The van der Waals surface area contributed by atoms with Gasteiger partial charge in [0.2, 0.25) is 0 Å². The molecule has 0 saturated carbocycles. The Morgan fingerprint density at radius 2 is 2.06 bits per heavy atom. The molecule has 0 bridgehead atoms. The number of hydrogen-bond acceptors (Lipinski definition) is 3. The Labute approximate surface area is 101 Å². The van der Waals surface area contributed by atoms with Crippen molar-refractivity contribution in [2.24, 2.45) is 0 Å². The van der Waals surface area contributed by atoms with Gasteiger partial charge in [-0.1, -0.05) is 0 Å². The van der Waals surface area contributed by atoms with E-state index in [2.05, 4.69) is 11.6 Å². The number of hydrogen-bond donors (Lipinski definition) is 1. The number of thioether (sulfide) groups is 1. The van der Waals surface area contributed by atoms with Crippen molar-refractivity contribution in [3.63, 3.8) is 0 Å². The molecule has 1 fully saturated rings. The standard InChI is InChI=1S/C11H22F2N2S/c1-16-8-2-5-14-10-3-6-15(7-4-10)9-11(12)13/h10-11,14H,2-9H2,1H3. The molecule has 1 N–H and O–H groups in total. The van der Waals surface area contributed by atoms with Crippen LogP contribution in [0.1, 0.15) is 19.3 Å². The van der Waals surface area contributed by atoms with Crippen LogP contribution in [0.25, 0.3) is 0 Å². The summed E-state index contributed by atoms with van der Waals surface area (Å²) in [5.74, 6) is 1.19. The van der Waals surface area contributed by atoms with Crippen molar-refractivity contribution in [1.29, 1.82) is 0 Å². The zero-order valence-electron chi connectivity index (χ0n) is 9.92. The molecule has 1 aliphatic rings. The molecule has 0 unspecified atom stereocenters. The van der Waals surface area contributed by atoms with Gasteiger partial charge in [-0.25, -0.2) is 8.78 Å². The fraction of sp³-hybridized carbons (Fsp3) is 1.00. The molecule has 0 aromatic carbocycles. The Kier molecular flexibility index (Phi) is 7.32. The summed E-state index contributed by atoms with van der Waals surface area (Å²) in [5.41, 5.74) is 0. The van der Waals surface area contributed by atoms with E-state index in [1.165, 1.54) is 12.2 Å². The fourth-order valence-corrected chi connectivity index (χ4v) is 2.47. The van der Waals surface area contributed by atoms with E-state index < -0.39 is 6.43 Å². The first-order valence-corrected chi connectivity index (χ1v) is 7.34. The van der Waals surface area contributed by atoms with Gasteiger partial charge >= 0.3 is 0 Å². The molecule has 0 aromatic rings. The molecule has 5 heteroatoms. The monoisotopic (exact) mass is 252 g/mol. The lowest BCUT2D eigenvalue weighted by Crippen LogP contribution is -2.44. The van der Waals surface area contributed by atoms with E-state index in [-0.39, 0.29) is 6.54 Å². The zero-order valence-corrected chi connectivity index (χ0v) is 10.7. The van der Waals surface area contributed by atoms with Gasteiger partial charge in [0.25, 0.3) is 6.43 Å². The van der Waals surface area contributed by atoms with Crippen LogP contribution in [0.5, 0.6) is 0 Å². The number of nitrogens with zero attached hydrogens (tertiary/aromatic N) is 1. The zero-order chi connectivity index (χ0) is 11.8. The Morgan fingerprint density at radius 1 is 1.38 bits per heavy atom. The topological polar surface area (TPSA) is 15.3 Å². The molecular formula is C11H22F2N2S. The third-order valence-electron chi connectivity index (χ3n) is 2.94. The van der Waals surface area contributed by atoms with Crippen LogP contribution >= 0.6 is 11.8 Å². The van der Waals surface area contributed by atoms with Crippen LogP contribution in [-0.4, -0.2) is 55.6 Å². The minimum Gasteiger partial charge on any atom is -0.314 e. The average molecular weight is 252 g/mol. The minimum absolute atomic E-state index is 0.0564. The second kappa shape index (κ2) is 8.25. The lowest BCUT2D eigenvalue weighted by Gasteiger charge is -2.32. The van der Waals surface area contributed by atoms with Crippen LogP contribution in [-0.2, 0) is 0 Å². The molecule has 1 saturated heterocycles. The van der Waals surface area contributed by atoms with Gasteiger partial charge in [0.1, 0.15) is 0 Å². The minimum atomic E-state index is -2.19. The molecule has 0 radical (unpaired) electrons. The number of nitrogens with one attached hydrogen (secondary N) is 1. The predicted molar refractivity (Wildman–Crippen MR) is 66.5 cm³/mol. The van der Waals surface area contributed by atoms with E-state index in [4.69, 9.17) is 0 Å². The first-order chi connectivity index (χ1) is 7.72. The summed E-state index contributed by atoms with van der Waals surface area (Å²) in [4.78, 5) is 1.87. The molecule has 1 aliphatic heterocycles. The van der Waals surface area contributed by atoms with Crippen molar-refractivity contribution in [2.45, 2.75) is 31.7 Å². The maximum absolute atomic E-state index is 12.1. The van der Waals surface area contributed by atoms with Gasteiger partial charge in [-0.15, -0.1) is 0 Å². The first-order valence-electron chi connectivity index (χ1n) is 5.95. The predicted octanol–water partition coefficient (Wildman–Crippen LogP) is 2.06. The highest BCUT2D eigenvalue weighted by molar-refractivity contribution is 7.98. The van der Waals surface area contributed by atoms with E-state index in [1.807, 2.05) is 16.7 Å². The highest BCUT2D eigenvalue weighted by atomic mass is 32.2. The Hall–Kier alpha value is 0.130. The summed E-state index contributed by atoms with van der Waals surface area (Å²) < 4.78 is 24.3. The molecule has 1 heterocycles. The highest BCUT2D eigenvalue weighted by Gasteiger charge is 2.20. The van der Waals surface area contributed by atoms with Crippen LogP contribution < -0.4 is 5.32 Å². The lowest BCUT2D eigenvalue weighted by molar-refractivity contribution is 0.0731. The fourth-order valence-electron chi connectivity index (χ4n) is 2.04. The van der Waals surface area contributed by atoms with Crippen LogP contribution in [0.3, 0.4) is 0 Å². The SMILES string of the molecule is CSCCCNC1CCN(CC(F)F)CC1. The molecule has 0 atom stereocenters. The van der Waals surface area contributed by atoms with E-state index in [9.17, 15) is 8.78 Å². The molecule has 16 heavy (non-hydrogen) atoms. The molecule has 96 valence electrons. The lowest BCUT2D eigenvalue weighted by atomic mass is 10.1. The van der Waals surface area contributed by atoms with Crippen molar-refractivity contribution in [2.75, 3.05) is 38.2 Å². The summed E-state index contributed by atoms with van der Waals surface area (Å²) in [5, 5.41) is 3.50. The third-order valence-corrected chi connectivity index (χ3v) is 3.64. The van der Waals surface area contributed by atoms with Crippen LogP contribution in [0.15, 0.2) is 0 Å². The van der Waals surface area contributed by atoms with E-state index in [0.29, 0.717) is 6.04 Å². The second-order valence-corrected chi connectivity index (χ2v) is 5.25. The van der Waals surface area contributed by atoms with Crippen molar-refractivity contribution in [1.82, 2.24) is 10.2 Å². The van der Waals surface area contributed by atoms with Crippen molar-refractivity contribution in [3.05, 3.63) is 0 Å². The van der Waals surface area contributed by atoms with E-state index >= 15 is 0 Å². The first kappa shape index (κ1) is 14.2. The van der Waals surface area contributed by atoms with Crippen LogP contribution in [0, 0.1) is 0 Å². The smallest absolute Gasteiger partial charge is 0.251 e. The number of likely N-dealkylation sites (tertiary alicyclic amines) is 1. The van der Waals surface area contributed by atoms with E-state index in [0.717, 1.165) is 32.5 Å². The Morgan fingerprint density at radius 3 is 2.62 bits per heavy atom. The molecule has 0 amide bonds. The molecular weight excluding hydrogens is 230 g/mol. The Balaban J connectivity index is 2.03. The van der Waals surface area contributed by atoms with Crippen LogP contribution in [0.2, 0.25) is 0 Å². The maximum Gasteiger partial charge on any atom is 0.251 e. The highest BCUT2D eigenvalue weighted by Crippen LogP contribution is 2.11. The van der Waals surface area contributed by atoms with Gasteiger partial charge in [-0.3, -0.25) is 4.90 Å². The Bertz CT molecular complexity index is 173. The summed E-state index contributed by atoms with van der Waals surface area (Å²) >= 11 is 1.86. The van der Waals surface area contributed by atoms with Gasteiger partial charge in [0.15, 0.2) is 0 Å². The summed E-state index contributed by atoms with van der Waals surface area (Å²) in [6.07, 6.45) is 3.13. The maximum atomic E-state index is 12.1. The summed E-state index contributed by atoms with van der Waals surface area (Å²) in [6, 6.07) is 0.538. The summed E-state index contributed by atoms with van der Waals surface area (Å²) in [7, 11) is 0. The number of piperidine rings is 1. The number of halogens is 2. The van der Waals surface area contributed by atoms with Crippen molar-refractivity contribution < 1.29 is 8.78 Å². The molecule has 2 nitrogen and oxygen atoms in total. The van der Waals surface area contributed by atoms with E-state index in [1.54, 1.807) is 0 Å². The molecule has 1 rings (SSSR count). The van der Waals surface area contributed by atoms with Gasteiger partial charge in [0.05, 0.1) is 6.54 Å². The molecule has 0 aromatic heterocycles. The average Bonchev–Trinajstić information content (AvgIpc) is 2.26. The van der Waals surface area contributed by atoms with Gasteiger partial charge in [-0.05, 0) is 50.9 Å². The van der Waals surface area contributed by atoms with Gasteiger partial charge < -0.3 is 5.32 Å². The molecule has 0 spiro atoms. The number of alkyl halides is 2. The summed E-state index contributed by atoms with van der Waals surface area (Å²) in [6.45, 7) is 2.62. The third kappa shape index (κ3) is 6.01. The van der Waals surface area contributed by atoms with Gasteiger partial charge in [-0.2, -0.15) is 11.8 Å². The number of rotatable bonds is 7. The quantitative estimate of drug-likeness (QED) is 0.698.